The van der Waals surface area contributed by atoms with Crippen molar-refractivity contribution in [3.8, 4) is 11.5 Å². The number of nitrogens with one attached hydrogen (secondary N) is 1. The fraction of sp³-hybridized carbons (Fsp3) is 0.150. The predicted molar refractivity (Wildman–Crippen MR) is 96.1 cm³/mol. The van der Waals surface area contributed by atoms with Crippen LogP contribution in [0.5, 0.6) is 11.5 Å². The first kappa shape index (κ1) is 15.9. The van der Waals surface area contributed by atoms with Crippen molar-refractivity contribution in [1.82, 2.24) is 0 Å². The molecule has 1 amide bonds. The van der Waals surface area contributed by atoms with Crippen molar-refractivity contribution in [2.45, 2.75) is 6.92 Å². The maximum Gasteiger partial charge on any atom is 0.255 e. The van der Waals surface area contributed by atoms with Crippen LogP contribution in [0.2, 0.25) is 0 Å². The van der Waals surface area contributed by atoms with Crippen molar-refractivity contribution in [1.29, 1.82) is 0 Å². The van der Waals surface area contributed by atoms with Crippen LogP contribution in [0, 0.1) is 0 Å². The van der Waals surface area contributed by atoms with E-state index in [1.165, 1.54) is 0 Å². The number of fused-ring (bicyclic) bond motifs is 1. The third-order valence-corrected chi connectivity index (χ3v) is 3.73. The molecule has 4 heteroatoms. The Labute approximate surface area is 141 Å². The summed E-state index contributed by atoms with van der Waals surface area (Å²) in [5, 5.41) is 5.14. The molecule has 0 fully saturated rings. The minimum absolute atomic E-state index is 0.188. The van der Waals surface area contributed by atoms with Crippen LogP contribution in [0.4, 0.5) is 5.69 Å². The van der Waals surface area contributed by atoms with Gasteiger partial charge in [0.1, 0.15) is 0 Å². The van der Waals surface area contributed by atoms with E-state index in [4.69, 9.17) is 9.47 Å². The van der Waals surface area contributed by atoms with Crippen LogP contribution in [0.15, 0.2) is 60.7 Å². The van der Waals surface area contributed by atoms with Crippen molar-refractivity contribution in [2.75, 3.05) is 19.0 Å². The summed E-state index contributed by atoms with van der Waals surface area (Å²) in [5.41, 5.74) is 1.27. The van der Waals surface area contributed by atoms with E-state index in [9.17, 15) is 4.79 Å². The second kappa shape index (κ2) is 7.04. The molecule has 0 heterocycles. The first-order valence-electron chi connectivity index (χ1n) is 7.82. The van der Waals surface area contributed by atoms with E-state index < -0.39 is 0 Å². The van der Waals surface area contributed by atoms with Crippen LogP contribution in [0.1, 0.15) is 17.3 Å². The summed E-state index contributed by atoms with van der Waals surface area (Å²) in [4.78, 5) is 12.5. The van der Waals surface area contributed by atoms with Gasteiger partial charge in [0.05, 0.1) is 13.7 Å². The molecule has 0 bridgehead atoms. The number of anilines is 1. The first-order chi connectivity index (χ1) is 11.7. The molecule has 0 saturated carbocycles. The van der Waals surface area contributed by atoms with E-state index in [1.807, 2.05) is 49.4 Å². The second-order valence-corrected chi connectivity index (χ2v) is 5.31. The summed E-state index contributed by atoms with van der Waals surface area (Å²) >= 11 is 0. The maximum atomic E-state index is 12.5. The molecule has 0 atom stereocenters. The molecule has 3 aromatic rings. The van der Waals surface area contributed by atoms with Crippen LogP contribution < -0.4 is 14.8 Å². The molecule has 0 radical (unpaired) electrons. The van der Waals surface area contributed by atoms with E-state index in [0.29, 0.717) is 23.7 Å². The molecule has 0 aliphatic rings. The van der Waals surface area contributed by atoms with E-state index in [-0.39, 0.29) is 5.91 Å². The van der Waals surface area contributed by atoms with Crippen molar-refractivity contribution in [3.05, 3.63) is 66.2 Å². The van der Waals surface area contributed by atoms with Gasteiger partial charge < -0.3 is 14.8 Å². The van der Waals surface area contributed by atoms with E-state index in [2.05, 4.69) is 5.32 Å². The lowest BCUT2D eigenvalue weighted by molar-refractivity contribution is 0.102. The lowest BCUT2D eigenvalue weighted by Crippen LogP contribution is -2.12. The normalized spacial score (nSPS) is 10.4. The largest absolute Gasteiger partial charge is 0.493 e. The van der Waals surface area contributed by atoms with E-state index >= 15 is 0 Å². The number of carbonyl (C=O) groups is 1. The zero-order valence-corrected chi connectivity index (χ0v) is 13.7. The Morgan fingerprint density at radius 1 is 0.958 bits per heavy atom. The van der Waals surface area contributed by atoms with Crippen LogP contribution in [0.3, 0.4) is 0 Å². The van der Waals surface area contributed by atoms with Gasteiger partial charge in [-0.25, -0.2) is 0 Å². The summed E-state index contributed by atoms with van der Waals surface area (Å²) in [6, 6.07) is 19.0. The summed E-state index contributed by atoms with van der Waals surface area (Å²) < 4.78 is 10.8. The number of methoxy groups -OCH3 is 1. The highest BCUT2D eigenvalue weighted by atomic mass is 16.5. The topological polar surface area (TPSA) is 47.6 Å². The molecule has 3 rings (SSSR count). The highest BCUT2D eigenvalue weighted by molar-refractivity contribution is 6.05. The smallest absolute Gasteiger partial charge is 0.255 e. The van der Waals surface area contributed by atoms with Gasteiger partial charge >= 0.3 is 0 Å². The Morgan fingerprint density at radius 3 is 2.50 bits per heavy atom. The zero-order chi connectivity index (χ0) is 16.9. The van der Waals surface area contributed by atoms with Gasteiger partial charge in [0, 0.05) is 11.3 Å². The Morgan fingerprint density at radius 2 is 1.75 bits per heavy atom. The lowest BCUT2D eigenvalue weighted by Gasteiger charge is -2.11. The number of hydrogen-bond acceptors (Lipinski definition) is 3. The SMILES string of the molecule is CCOc1ccc(C(=O)Nc2ccc3ccccc3c2)cc1OC. The average molecular weight is 321 g/mol. The summed E-state index contributed by atoms with van der Waals surface area (Å²) in [5.74, 6) is 0.983. The molecule has 0 aliphatic carbocycles. The zero-order valence-electron chi connectivity index (χ0n) is 13.7. The number of hydrogen-bond donors (Lipinski definition) is 1. The van der Waals surface area contributed by atoms with Crippen LogP contribution in [0.25, 0.3) is 10.8 Å². The van der Waals surface area contributed by atoms with Crippen LogP contribution >= 0.6 is 0 Å². The molecule has 3 aromatic carbocycles. The van der Waals surface area contributed by atoms with Crippen molar-refractivity contribution >= 4 is 22.4 Å². The standard InChI is InChI=1S/C20H19NO3/c1-3-24-18-11-9-16(13-19(18)23-2)20(22)21-17-10-8-14-6-4-5-7-15(14)12-17/h4-13H,3H2,1-2H3,(H,21,22). The van der Waals surface area contributed by atoms with E-state index in [0.717, 1.165) is 16.5 Å². The minimum Gasteiger partial charge on any atom is -0.493 e. The van der Waals surface area contributed by atoms with Gasteiger partial charge in [-0.2, -0.15) is 0 Å². The lowest BCUT2D eigenvalue weighted by atomic mass is 10.1. The van der Waals surface area contributed by atoms with E-state index in [1.54, 1.807) is 25.3 Å². The predicted octanol–water partition coefficient (Wildman–Crippen LogP) is 4.50. The molecule has 122 valence electrons. The van der Waals surface area contributed by atoms with Gasteiger partial charge in [-0.15, -0.1) is 0 Å². The van der Waals surface area contributed by atoms with Gasteiger partial charge in [-0.1, -0.05) is 30.3 Å². The van der Waals surface area contributed by atoms with Gasteiger partial charge in [-0.05, 0) is 48.0 Å². The quantitative estimate of drug-likeness (QED) is 0.752. The number of amides is 1. The molecular formula is C20H19NO3. The number of benzene rings is 3. The molecule has 0 unspecified atom stereocenters. The monoisotopic (exact) mass is 321 g/mol. The number of carbonyl (C=O) groups excluding carboxylic acids is 1. The number of ether oxygens (including phenoxy) is 2. The Kier molecular flexibility index (Phi) is 4.66. The average Bonchev–Trinajstić information content (AvgIpc) is 2.62. The van der Waals surface area contributed by atoms with Crippen molar-refractivity contribution in [2.24, 2.45) is 0 Å². The van der Waals surface area contributed by atoms with Gasteiger partial charge in [-0.3, -0.25) is 4.79 Å². The summed E-state index contributed by atoms with van der Waals surface area (Å²) in [7, 11) is 1.56. The molecule has 0 aliphatic heterocycles. The van der Waals surface area contributed by atoms with Crippen molar-refractivity contribution in [3.63, 3.8) is 0 Å². The van der Waals surface area contributed by atoms with Crippen molar-refractivity contribution < 1.29 is 14.3 Å². The third-order valence-electron chi connectivity index (χ3n) is 3.73. The highest BCUT2D eigenvalue weighted by Gasteiger charge is 2.11. The molecule has 1 N–H and O–H groups in total. The van der Waals surface area contributed by atoms with Crippen LogP contribution in [-0.4, -0.2) is 19.6 Å². The third kappa shape index (κ3) is 3.33. The Bertz CT molecular complexity index is 874. The fourth-order valence-electron chi connectivity index (χ4n) is 2.55. The molecular weight excluding hydrogens is 302 g/mol. The Balaban J connectivity index is 1.83. The molecule has 0 saturated heterocycles. The van der Waals surface area contributed by atoms with Crippen LogP contribution in [-0.2, 0) is 0 Å². The number of rotatable bonds is 5. The molecule has 0 aromatic heterocycles. The van der Waals surface area contributed by atoms with Gasteiger partial charge in [0.2, 0.25) is 0 Å². The summed E-state index contributed by atoms with van der Waals surface area (Å²) in [6.07, 6.45) is 0. The second-order valence-electron chi connectivity index (χ2n) is 5.31. The Hall–Kier alpha value is -3.01. The van der Waals surface area contributed by atoms with Gasteiger partial charge in [0.15, 0.2) is 11.5 Å². The molecule has 0 spiro atoms. The first-order valence-corrected chi connectivity index (χ1v) is 7.82. The highest BCUT2D eigenvalue weighted by Crippen LogP contribution is 2.28. The minimum atomic E-state index is -0.188. The molecule has 4 nitrogen and oxygen atoms in total. The maximum absolute atomic E-state index is 12.5. The molecule has 24 heavy (non-hydrogen) atoms. The van der Waals surface area contributed by atoms with Gasteiger partial charge in [0.25, 0.3) is 5.91 Å². The summed E-state index contributed by atoms with van der Waals surface area (Å²) in [6.45, 7) is 2.44. The fourth-order valence-corrected chi connectivity index (χ4v) is 2.55.